The van der Waals surface area contributed by atoms with Gasteiger partial charge in [0.25, 0.3) is 5.92 Å². The van der Waals surface area contributed by atoms with Gasteiger partial charge in [0.2, 0.25) is 0 Å². The maximum absolute atomic E-state index is 13.1. The van der Waals surface area contributed by atoms with Crippen LogP contribution in [0.3, 0.4) is 0 Å². The summed E-state index contributed by atoms with van der Waals surface area (Å²) in [6.45, 7) is -1.45. The number of aliphatic hydroxyl groups excluding tert-OH is 1. The van der Waals surface area contributed by atoms with Gasteiger partial charge in [-0.2, -0.15) is 26.3 Å². The molecule has 9 heteroatoms. The van der Waals surface area contributed by atoms with Gasteiger partial charge in [0.05, 0.1) is 6.61 Å². The molecular formula is C8H10F8O. The van der Waals surface area contributed by atoms with Crippen LogP contribution < -0.4 is 0 Å². The van der Waals surface area contributed by atoms with Gasteiger partial charge in [-0.25, -0.2) is 8.78 Å². The Balaban J connectivity index is 5.47. The summed E-state index contributed by atoms with van der Waals surface area (Å²) in [5.74, 6) is -5.12. The van der Waals surface area contributed by atoms with Crippen LogP contribution in [0.1, 0.15) is 19.8 Å². The van der Waals surface area contributed by atoms with Gasteiger partial charge in [0.1, 0.15) is 6.42 Å². The molecule has 0 saturated carbocycles. The second-order valence-corrected chi connectivity index (χ2v) is 3.59. The second-order valence-electron chi connectivity index (χ2n) is 3.59. The topological polar surface area (TPSA) is 20.2 Å². The lowest BCUT2D eigenvalue weighted by Gasteiger charge is -2.39. The number of hydrogen-bond acceptors (Lipinski definition) is 1. The summed E-state index contributed by atoms with van der Waals surface area (Å²) in [7, 11) is 0. The highest BCUT2D eigenvalue weighted by molar-refractivity contribution is 4.98. The van der Waals surface area contributed by atoms with Crippen molar-refractivity contribution in [2.24, 2.45) is 5.41 Å². The zero-order valence-corrected chi connectivity index (χ0v) is 8.59. The van der Waals surface area contributed by atoms with Crippen LogP contribution >= 0.6 is 0 Å². The van der Waals surface area contributed by atoms with Crippen LogP contribution in [0.5, 0.6) is 0 Å². The fourth-order valence-electron chi connectivity index (χ4n) is 1.40. The largest absolute Gasteiger partial charge is 0.402 e. The fourth-order valence-corrected chi connectivity index (χ4v) is 1.40. The van der Waals surface area contributed by atoms with Gasteiger partial charge >= 0.3 is 12.4 Å². The van der Waals surface area contributed by atoms with E-state index >= 15 is 0 Å². The summed E-state index contributed by atoms with van der Waals surface area (Å²) in [6.07, 6.45) is -15.4. The van der Waals surface area contributed by atoms with Crippen LogP contribution in [0.2, 0.25) is 0 Å². The van der Waals surface area contributed by atoms with E-state index in [-0.39, 0.29) is 0 Å². The molecule has 0 aromatic heterocycles. The van der Waals surface area contributed by atoms with Gasteiger partial charge in [-0.1, -0.05) is 6.92 Å². The van der Waals surface area contributed by atoms with E-state index in [1.165, 1.54) is 0 Å². The maximum atomic E-state index is 13.1. The summed E-state index contributed by atoms with van der Waals surface area (Å²) >= 11 is 0. The third-order valence-electron chi connectivity index (χ3n) is 2.54. The van der Waals surface area contributed by atoms with Crippen molar-refractivity contribution in [1.29, 1.82) is 0 Å². The Morgan fingerprint density at radius 2 is 1.29 bits per heavy atom. The summed E-state index contributed by atoms with van der Waals surface area (Å²) < 4.78 is 99.0. The number of halogens is 8. The van der Waals surface area contributed by atoms with Crippen molar-refractivity contribution in [3.8, 4) is 0 Å². The van der Waals surface area contributed by atoms with Crippen LogP contribution in [0, 0.1) is 5.41 Å². The van der Waals surface area contributed by atoms with E-state index in [4.69, 9.17) is 5.11 Å². The summed E-state index contributed by atoms with van der Waals surface area (Å²) in [5.41, 5.74) is -4.07. The minimum atomic E-state index is -5.63. The smallest absolute Gasteiger partial charge is 0.395 e. The Morgan fingerprint density at radius 3 is 1.47 bits per heavy atom. The van der Waals surface area contributed by atoms with E-state index in [9.17, 15) is 35.1 Å². The van der Waals surface area contributed by atoms with Crippen LogP contribution in [0.15, 0.2) is 0 Å². The first kappa shape index (κ1) is 16.4. The van der Waals surface area contributed by atoms with Gasteiger partial charge in [0.15, 0.2) is 5.41 Å². The molecule has 0 aromatic rings. The molecule has 0 aliphatic carbocycles. The zero-order valence-electron chi connectivity index (χ0n) is 8.59. The van der Waals surface area contributed by atoms with Crippen molar-refractivity contribution in [2.45, 2.75) is 38.0 Å². The highest BCUT2D eigenvalue weighted by Gasteiger charge is 2.69. The number of rotatable bonds is 4. The monoisotopic (exact) mass is 274 g/mol. The molecule has 0 fully saturated rings. The molecule has 1 unspecified atom stereocenters. The Bertz CT molecular complexity index is 249. The second kappa shape index (κ2) is 4.58. The highest BCUT2D eigenvalue weighted by Crippen LogP contribution is 2.54. The van der Waals surface area contributed by atoms with E-state index in [1.54, 1.807) is 0 Å². The minimum Gasteiger partial charge on any atom is -0.395 e. The van der Waals surface area contributed by atoms with Crippen molar-refractivity contribution < 1.29 is 40.2 Å². The molecule has 0 radical (unpaired) electrons. The van der Waals surface area contributed by atoms with Crippen LogP contribution in [-0.4, -0.2) is 30.0 Å². The molecule has 1 nitrogen and oxygen atoms in total. The zero-order chi connectivity index (χ0) is 14.1. The average Bonchev–Trinajstić information content (AvgIpc) is 1.98. The van der Waals surface area contributed by atoms with E-state index in [2.05, 4.69) is 0 Å². The molecule has 1 atom stereocenters. The van der Waals surface area contributed by atoms with Crippen LogP contribution in [0.4, 0.5) is 35.1 Å². The van der Waals surface area contributed by atoms with E-state index in [0.29, 0.717) is 6.92 Å². The molecule has 0 aliphatic heterocycles. The predicted molar refractivity (Wildman–Crippen MR) is 41.5 cm³/mol. The number of hydrogen-bond donors (Lipinski definition) is 1. The first-order chi connectivity index (χ1) is 7.33. The van der Waals surface area contributed by atoms with E-state index < -0.39 is 43.1 Å². The fraction of sp³-hybridized carbons (Fsp3) is 1.00. The van der Waals surface area contributed by atoms with E-state index in [1.807, 2.05) is 0 Å². The highest BCUT2D eigenvalue weighted by atomic mass is 19.4. The lowest BCUT2D eigenvalue weighted by Crippen LogP contribution is -2.55. The molecule has 0 bridgehead atoms. The molecule has 17 heavy (non-hydrogen) atoms. The van der Waals surface area contributed by atoms with E-state index in [0.717, 1.165) is 0 Å². The first-order valence-corrected chi connectivity index (χ1v) is 4.45. The maximum Gasteiger partial charge on any atom is 0.402 e. The summed E-state index contributed by atoms with van der Waals surface area (Å²) in [4.78, 5) is 0. The van der Waals surface area contributed by atoms with Crippen molar-refractivity contribution >= 4 is 0 Å². The SMILES string of the molecule is CCC(CO)(C(F)(F)F)C(F)(F)CC(F)(F)F. The molecule has 0 amide bonds. The molecule has 0 aromatic carbocycles. The Kier molecular flexibility index (Phi) is 4.42. The molecule has 0 spiro atoms. The van der Waals surface area contributed by atoms with Crippen LogP contribution in [-0.2, 0) is 0 Å². The Hall–Kier alpha value is -0.600. The Labute approximate surface area is 91.4 Å². The minimum absolute atomic E-state index is 0.647. The summed E-state index contributed by atoms with van der Waals surface area (Å²) in [5, 5.41) is 8.48. The quantitative estimate of drug-likeness (QED) is 0.777. The van der Waals surface area contributed by atoms with Crippen molar-refractivity contribution in [3.05, 3.63) is 0 Å². The number of aliphatic hydroxyl groups is 1. The molecule has 1 N–H and O–H groups in total. The molecule has 0 saturated heterocycles. The molecule has 0 aliphatic rings. The third kappa shape index (κ3) is 3.20. The normalized spacial score (nSPS) is 18.0. The first-order valence-electron chi connectivity index (χ1n) is 4.45. The van der Waals surface area contributed by atoms with Gasteiger partial charge < -0.3 is 5.11 Å². The Morgan fingerprint density at radius 1 is 0.882 bits per heavy atom. The lowest BCUT2D eigenvalue weighted by atomic mass is 9.77. The average molecular weight is 274 g/mol. The molecule has 0 heterocycles. The predicted octanol–water partition coefficient (Wildman–Crippen LogP) is 3.53. The van der Waals surface area contributed by atoms with Gasteiger partial charge in [-0.15, -0.1) is 0 Å². The third-order valence-corrected chi connectivity index (χ3v) is 2.54. The standard InChI is InChI=1S/C8H10F8O/c1-2-5(4-17,8(14,15)16)6(9,10)3-7(11,12)13/h17H,2-4H2,1H3. The van der Waals surface area contributed by atoms with Gasteiger partial charge in [-0.3, -0.25) is 0 Å². The van der Waals surface area contributed by atoms with Gasteiger partial charge in [0, 0.05) is 0 Å². The number of alkyl halides is 8. The van der Waals surface area contributed by atoms with Crippen LogP contribution in [0.25, 0.3) is 0 Å². The molecule has 104 valence electrons. The van der Waals surface area contributed by atoms with Crippen molar-refractivity contribution in [2.75, 3.05) is 6.61 Å². The van der Waals surface area contributed by atoms with Crippen molar-refractivity contribution in [3.63, 3.8) is 0 Å². The van der Waals surface area contributed by atoms with Gasteiger partial charge in [-0.05, 0) is 6.42 Å². The molecule has 0 rings (SSSR count). The van der Waals surface area contributed by atoms with Crippen molar-refractivity contribution in [1.82, 2.24) is 0 Å². The summed E-state index contributed by atoms with van der Waals surface area (Å²) in [6, 6.07) is 0. The molecular weight excluding hydrogens is 264 g/mol. The lowest BCUT2D eigenvalue weighted by molar-refractivity contribution is -0.329.